The van der Waals surface area contributed by atoms with E-state index >= 15 is 0 Å². The molecule has 0 radical (unpaired) electrons. The van der Waals surface area contributed by atoms with Gasteiger partial charge in [-0.25, -0.2) is 0 Å². The van der Waals surface area contributed by atoms with Gasteiger partial charge in [0.15, 0.2) is 5.96 Å². The third-order valence-corrected chi connectivity index (χ3v) is 3.00. The molecule has 6 heteroatoms. The zero-order valence-electron chi connectivity index (χ0n) is 12.8. The van der Waals surface area contributed by atoms with Crippen LogP contribution in [0, 0.1) is 0 Å². The van der Waals surface area contributed by atoms with Crippen molar-refractivity contribution in [1.29, 1.82) is 0 Å². The maximum Gasteiger partial charge on any atom is 0.239 e. The molecule has 1 aromatic heterocycles. The van der Waals surface area contributed by atoms with Crippen molar-refractivity contribution in [2.24, 2.45) is 12.0 Å². The summed E-state index contributed by atoms with van der Waals surface area (Å²) in [5.41, 5.74) is 1.19. The topological polar surface area (TPSA) is 61.7 Å². The molecule has 0 unspecified atom stereocenters. The highest BCUT2D eigenvalue weighted by Crippen LogP contribution is 2.03. The molecule has 1 amide bonds. The lowest BCUT2D eigenvalue weighted by molar-refractivity contribution is -0.120. The van der Waals surface area contributed by atoms with Crippen LogP contribution in [0.25, 0.3) is 0 Å². The minimum absolute atomic E-state index is 0.0136. The Balaban J connectivity index is 2.46. The Morgan fingerprint density at radius 3 is 2.75 bits per heavy atom. The second-order valence-electron chi connectivity index (χ2n) is 4.72. The van der Waals surface area contributed by atoms with Crippen LogP contribution in [0.4, 0.5) is 0 Å². The summed E-state index contributed by atoms with van der Waals surface area (Å²) in [5.74, 6) is 0.693. The molecular formula is C14H25N5O. The molecule has 0 saturated carbocycles. The SMILES string of the molecule is CCCNC(=O)CNC(=NC)N(C)Cc1cccn1C. The van der Waals surface area contributed by atoms with E-state index < -0.39 is 0 Å². The highest BCUT2D eigenvalue weighted by molar-refractivity contribution is 5.86. The number of nitrogens with one attached hydrogen (secondary N) is 2. The molecule has 20 heavy (non-hydrogen) atoms. The van der Waals surface area contributed by atoms with Gasteiger partial charge in [0, 0.05) is 39.6 Å². The number of carbonyl (C=O) groups is 1. The van der Waals surface area contributed by atoms with Gasteiger partial charge in [0.1, 0.15) is 0 Å². The predicted octanol–water partition coefficient (Wildman–Crippen LogP) is 0.559. The van der Waals surface area contributed by atoms with Gasteiger partial charge in [-0.1, -0.05) is 6.92 Å². The van der Waals surface area contributed by atoms with Gasteiger partial charge in [-0.3, -0.25) is 9.79 Å². The summed E-state index contributed by atoms with van der Waals surface area (Å²) in [7, 11) is 5.68. The number of hydrogen-bond donors (Lipinski definition) is 2. The number of hydrogen-bond acceptors (Lipinski definition) is 2. The molecule has 0 aromatic carbocycles. The molecule has 0 spiro atoms. The van der Waals surface area contributed by atoms with Gasteiger partial charge in [-0.15, -0.1) is 0 Å². The summed E-state index contributed by atoms with van der Waals surface area (Å²) in [6, 6.07) is 4.08. The zero-order valence-corrected chi connectivity index (χ0v) is 12.8. The lowest BCUT2D eigenvalue weighted by Crippen LogP contribution is -2.44. The van der Waals surface area contributed by atoms with E-state index in [9.17, 15) is 4.79 Å². The first kappa shape index (κ1) is 16.1. The fraction of sp³-hybridized carbons (Fsp3) is 0.571. The van der Waals surface area contributed by atoms with E-state index in [2.05, 4.69) is 26.3 Å². The van der Waals surface area contributed by atoms with E-state index in [0.717, 1.165) is 13.0 Å². The molecule has 0 fully saturated rings. The average molecular weight is 279 g/mol. The highest BCUT2D eigenvalue weighted by Gasteiger charge is 2.09. The number of rotatable bonds is 6. The minimum Gasteiger partial charge on any atom is -0.355 e. The number of carbonyl (C=O) groups excluding carboxylic acids is 1. The van der Waals surface area contributed by atoms with Gasteiger partial charge in [0.25, 0.3) is 0 Å². The van der Waals surface area contributed by atoms with Crippen molar-refractivity contribution in [2.45, 2.75) is 19.9 Å². The number of aryl methyl sites for hydroxylation is 1. The molecule has 0 atom stereocenters. The normalized spacial score (nSPS) is 11.3. The minimum atomic E-state index is -0.0136. The second kappa shape index (κ2) is 8.24. The quantitative estimate of drug-likeness (QED) is 0.591. The molecule has 112 valence electrons. The molecule has 1 aromatic rings. The fourth-order valence-electron chi connectivity index (χ4n) is 1.85. The van der Waals surface area contributed by atoms with Gasteiger partial charge in [-0.2, -0.15) is 0 Å². The molecule has 0 aliphatic carbocycles. The predicted molar refractivity (Wildman–Crippen MR) is 81.5 cm³/mol. The molecule has 0 saturated heterocycles. The van der Waals surface area contributed by atoms with Crippen LogP contribution >= 0.6 is 0 Å². The Morgan fingerprint density at radius 1 is 1.45 bits per heavy atom. The zero-order chi connectivity index (χ0) is 15.0. The Kier molecular flexibility index (Phi) is 6.63. The van der Waals surface area contributed by atoms with Crippen LogP contribution in [0.1, 0.15) is 19.0 Å². The number of aliphatic imine (C=N–C) groups is 1. The van der Waals surface area contributed by atoms with E-state index in [-0.39, 0.29) is 12.5 Å². The van der Waals surface area contributed by atoms with Gasteiger partial charge in [-0.05, 0) is 18.6 Å². The van der Waals surface area contributed by atoms with Gasteiger partial charge in [0.05, 0.1) is 13.1 Å². The largest absolute Gasteiger partial charge is 0.355 e. The smallest absolute Gasteiger partial charge is 0.239 e. The number of aromatic nitrogens is 1. The third kappa shape index (κ3) is 4.95. The van der Waals surface area contributed by atoms with Crippen LogP contribution in [-0.4, -0.2) is 48.5 Å². The first-order valence-corrected chi connectivity index (χ1v) is 6.87. The lowest BCUT2D eigenvalue weighted by atomic mass is 10.4. The van der Waals surface area contributed by atoms with E-state index in [1.165, 1.54) is 5.69 Å². The van der Waals surface area contributed by atoms with Crippen molar-refractivity contribution < 1.29 is 4.79 Å². The van der Waals surface area contributed by atoms with Crippen molar-refractivity contribution in [2.75, 3.05) is 27.2 Å². The summed E-state index contributed by atoms with van der Waals surface area (Å²) in [4.78, 5) is 17.7. The number of guanidine groups is 1. The second-order valence-corrected chi connectivity index (χ2v) is 4.72. The lowest BCUT2D eigenvalue weighted by Gasteiger charge is -2.22. The van der Waals surface area contributed by atoms with Crippen molar-refractivity contribution in [3.8, 4) is 0 Å². The van der Waals surface area contributed by atoms with E-state index in [4.69, 9.17) is 0 Å². The summed E-state index contributed by atoms with van der Waals surface area (Å²) < 4.78 is 2.07. The van der Waals surface area contributed by atoms with Crippen LogP contribution in [0.3, 0.4) is 0 Å². The van der Waals surface area contributed by atoms with E-state index in [1.807, 2.05) is 38.2 Å². The third-order valence-electron chi connectivity index (χ3n) is 3.00. The van der Waals surface area contributed by atoms with E-state index in [1.54, 1.807) is 7.05 Å². The number of amides is 1. The van der Waals surface area contributed by atoms with Crippen molar-refractivity contribution in [1.82, 2.24) is 20.1 Å². The van der Waals surface area contributed by atoms with Crippen molar-refractivity contribution in [3.63, 3.8) is 0 Å². The van der Waals surface area contributed by atoms with Gasteiger partial charge >= 0.3 is 0 Å². The van der Waals surface area contributed by atoms with Crippen molar-refractivity contribution in [3.05, 3.63) is 24.0 Å². The Labute approximate surface area is 120 Å². The summed E-state index contributed by atoms with van der Waals surface area (Å²) >= 11 is 0. The molecule has 0 bridgehead atoms. The maximum absolute atomic E-state index is 11.6. The van der Waals surface area contributed by atoms with Crippen LogP contribution < -0.4 is 10.6 Å². The van der Waals surface area contributed by atoms with Crippen LogP contribution in [0.15, 0.2) is 23.3 Å². The van der Waals surface area contributed by atoms with Crippen LogP contribution in [0.2, 0.25) is 0 Å². The molecular weight excluding hydrogens is 254 g/mol. The Bertz CT molecular complexity index is 452. The van der Waals surface area contributed by atoms with Crippen LogP contribution in [0.5, 0.6) is 0 Å². The number of nitrogens with zero attached hydrogens (tertiary/aromatic N) is 3. The standard InChI is InChI=1S/C14H25N5O/c1-5-8-16-13(20)10-17-14(15-2)19(4)11-12-7-6-9-18(12)3/h6-7,9H,5,8,10-11H2,1-4H3,(H,15,17)(H,16,20). The maximum atomic E-state index is 11.6. The van der Waals surface area contributed by atoms with Gasteiger partial charge < -0.3 is 20.1 Å². The first-order chi connectivity index (χ1) is 9.58. The average Bonchev–Trinajstić information content (AvgIpc) is 2.82. The Morgan fingerprint density at radius 2 is 2.20 bits per heavy atom. The summed E-state index contributed by atoms with van der Waals surface area (Å²) in [5, 5.41) is 5.89. The monoisotopic (exact) mass is 279 g/mol. The van der Waals surface area contributed by atoms with E-state index in [0.29, 0.717) is 12.5 Å². The summed E-state index contributed by atoms with van der Waals surface area (Å²) in [6.45, 7) is 3.71. The molecule has 0 aliphatic heterocycles. The molecule has 1 rings (SSSR count). The summed E-state index contributed by atoms with van der Waals surface area (Å²) in [6.07, 6.45) is 2.95. The molecule has 0 aliphatic rings. The van der Waals surface area contributed by atoms with Crippen molar-refractivity contribution >= 4 is 11.9 Å². The van der Waals surface area contributed by atoms with Gasteiger partial charge in [0.2, 0.25) is 5.91 Å². The first-order valence-electron chi connectivity index (χ1n) is 6.87. The fourth-order valence-corrected chi connectivity index (χ4v) is 1.85. The van der Waals surface area contributed by atoms with Crippen LogP contribution in [-0.2, 0) is 18.4 Å². The molecule has 6 nitrogen and oxygen atoms in total. The highest BCUT2D eigenvalue weighted by atomic mass is 16.1. The molecule has 1 heterocycles. The molecule has 2 N–H and O–H groups in total. The Hall–Kier alpha value is -1.98.